The molecule has 154 valence electrons. The predicted octanol–water partition coefficient (Wildman–Crippen LogP) is 5.50. The molecule has 0 amide bonds. The standard InChI is InChI=1S/C22H16Cl2N6O/c1-31-22-29-20(19-21(30-22)27-11-26-19)25-10-13-9-12-5-4-8-16(24)18(12)28-17(13)14-6-2-3-7-15(14)23/h2-9,11H,10H2,1H3,(H2,25,26,27,29,30). The van der Waals surface area contributed by atoms with Crippen molar-refractivity contribution in [3.63, 3.8) is 0 Å². The summed E-state index contributed by atoms with van der Waals surface area (Å²) in [5.41, 5.74) is 4.44. The van der Waals surface area contributed by atoms with E-state index < -0.39 is 0 Å². The third kappa shape index (κ3) is 3.62. The zero-order chi connectivity index (χ0) is 21.4. The summed E-state index contributed by atoms with van der Waals surface area (Å²) < 4.78 is 5.21. The first-order valence-electron chi connectivity index (χ1n) is 9.46. The number of benzene rings is 2. The number of hydrogen-bond acceptors (Lipinski definition) is 6. The number of rotatable bonds is 5. The van der Waals surface area contributed by atoms with Crippen LogP contribution in [0.2, 0.25) is 10.0 Å². The molecule has 0 saturated heterocycles. The predicted molar refractivity (Wildman–Crippen MR) is 123 cm³/mol. The molecular weight excluding hydrogens is 435 g/mol. The quantitative estimate of drug-likeness (QED) is 0.367. The lowest BCUT2D eigenvalue weighted by Crippen LogP contribution is -2.07. The highest BCUT2D eigenvalue weighted by molar-refractivity contribution is 6.35. The molecule has 0 aliphatic carbocycles. The zero-order valence-corrected chi connectivity index (χ0v) is 17.9. The Balaban J connectivity index is 1.62. The van der Waals surface area contributed by atoms with Gasteiger partial charge in [-0.1, -0.05) is 53.5 Å². The lowest BCUT2D eigenvalue weighted by atomic mass is 10.0. The Bertz CT molecular complexity index is 1420. The summed E-state index contributed by atoms with van der Waals surface area (Å²) in [7, 11) is 1.52. The molecule has 0 unspecified atom stereocenters. The van der Waals surface area contributed by atoms with Gasteiger partial charge in [0.25, 0.3) is 0 Å². The summed E-state index contributed by atoms with van der Waals surface area (Å²) in [5.74, 6) is 0.555. The molecule has 0 radical (unpaired) electrons. The van der Waals surface area contributed by atoms with Crippen LogP contribution in [0.5, 0.6) is 6.01 Å². The first kappa shape index (κ1) is 19.5. The monoisotopic (exact) mass is 450 g/mol. The van der Waals surface area contributed by atoms with Gasteiger partial charge in [-0.3, -0.25) is 0 Å². The van der Waals surface area contributed by atoms with Gasteiger partial charge in [-0.15, -0.1) is 0 Å². The molecule has 0 aliphatic heterocycles. The van der Waals surface area contributed by atoms with E-state index in [-0.39, 0.29) is 6.01 Å². The number of hydrogen-bond donors (Lipinski definition) is 2. The van der Waals surface area contributed by atoms with Crippen LogP contribution in [0.1, 0.15) is 5.56 Å². The molecule has 2 N–H and O–H groups in total. The number of fused-ring (bicyclic) bond motifs is 2. The molecule has 0 bridgehead atoms. The second-order valence-corrected chi connectivity index (χ2v) is 7.61. The van der Waals surface area contributed by atoms with Gasteiger partial charge in [-0.25, -0.2) is 9.97 Å². The van der Waals surface area contributed by atoms with Crippen molar-refractivity contribution in [1.82, 2.24) is 24.9 Å². The Hall–Kier alpha value is -3.42. The maximum atomic E-state index is 6.50. The Kier molecular flexibility index (Phi) is 5.05. The van der Waals surface area contributed by atoms with Crippen LogP contribution in [0, 0.1) is 0 Å². The third-order valence-electron chi connectivity index (χ3n) is 4.89. The molecule has 9 heteroatoms. The number of anilines is 1. The Morgan fingerprint density at radius 2 is 1.81 bits per heavy atom. The van der Waals surface area contributed by atoms with E-state index in [1.807, 2.05) is 42.5 Å². The number of nitrogens with zero attached hydrogens (tertiary/aromatic N) is 4. The topological polar surface area (TPSA) is 88.6 Å². The van der Waals surface area contributed by atoms with E-state index in [9.17, 15) is 0 Å². The van der Waals surface area contributed by atoms with Gasteiger partial charge in [0.05, 0.1) is 29.7 Å². The average molecular weight is 451 g/mol. The number of nitrogens with one attached hydrogen (secondary N) is 2. The van der Waals surface area contributed by atoms with Crippen LogP contribution in [-0.2, 0) is 6.54 Å². The van der Waals surface area contributed by atoms with E-state index in [0.29, 0.717) is 33.6 Å². The van der Waals surface area contributed by atoms with E-state index in [4.69, 9.17) is 32.9 Å². The van der Waals surface area contributed by atoms with Crippen molar-refractivity contribution < 1.29 is 4.74 Å². The van der Waals surface area contributed by atoms with Crippen LogP contribution in [0.3, 0.4) is 0 Å². The minimum absolute atomic E-state index is 0.244. The highest BCUT2D eigenvalue weighted by atomic mass is 35.5. The Morgan fingerprint density at radius 3 is 2.65 bits per heavy atom. The Morgan fingerprint density at radius 1 is 0.968 bits per heavy atom. The van der Waals surface area contributed by atoms with E-state index in [0.717, 1.165) is 27.7 Å². The number of H-pyrrole nitrogens is 1. The van der Waals surface area contributed by atoms with Crippen molar-refractivity contribution in [1.29, 1.82) is 0 Å². The van der Waals surface area contributed by atoms with Crippen molar-refractivity contribution in [3.8, 4) is 17.3 Å². The molecule has 0 fully saturated rings. The second-order valence-electron chi connectivity index (χ2n) is 6.80. The highest BCUT2D eigenvalue weighted by Gasteiger charge is 2.15. The van der Waals surface area contributed by atoms with E-state index in [1.165, 1.54) is 7.11 Å². The average Bonchev–Trinajstić information content (AvgIpc) is 3.26. The largest absolute Gasteiger partial charge is 0.467 e. The van der Waals surface area contributed by atoms with Crippen LogP contribution in [0.4, 0.5) is 5.82 Å². The van der Waals surface area contributed by atoms with E-state index >= 15 is 0 Å². The first-order valence-corrected chi connectivity index (χ1v) is 10.2. The lowest BCUT2D eigenvalue weighted by Gasteiger charge is -2.14. The molecule has 5 rings (SSSR count). The second kappa shape index (κ2) is 8.02. The van der Waals surface area contributed by atoms with Crippen LogP contribution in [-0.4, -0.2) is 32.0 Å². The smallest absolute Gasteiger partial charge is 0.320 e. The molecule has 7 nitrogen and oxygen atoms in total. The Labute approximate surface area is 187 Å². The lowest BCUT2D eigenvalue weighted by molar-refractivity contribution is 0.382. The molecule has 0 spiro atoms. The fourth-order valence-electron chi connectivity index (χ4n) is 3.44. The molecule has 5 aromatic rings. The molecule has 3 aromatic heterocycles. The summed E-state index contributed by atoms with van der Waals surface area (Å²) >= 11 is 12.9. The first-order chi connectivity index (χ1) is 15.1. The number of pyridine rings is 1. The third-order valence-corrected chi connectivity index (χ3v) is 5.53. The van der Waals surface area contributed by atoms with Crippen LogP contribution in [0.25, 0.3) is 33.3 Å². The van der Waals surface area contributed by atoms with Crippen molar-refractivity contribution in [2.24, 2.45) is 0 Å². The van der Waals surface area contributed by atoms with Gasteiger partial charge < -0.3 is 15.0 Å². The number of ether oxygens (including phenoxy) is 1. The molecular formula is C22H16Cl2N6O. The number of methoxy groups -OCH3 is 1. The molecule has 31 heavy (non-hydrogen) atoms. The molecule has 0 atom stereocenters. The van der Waals surface area contributed by atoms with Gasteiger partial charge in [-0.2, -0.15) is 9.97 Å². The van der Waals surface area contributed by atoms with Crippen molar-refractivity contribution in [2.75, 3.05) is 12.4 Å². The van der Waals surface area contributed by atoms with Gasteiger partial charge in [0.2, 0.25) is 0 Å². The SMILES string of the molecule is COc1nc(NCc2cc3cccc(Cl)c3nc2-c2ccccc2Cl)c2nc[nH]c2n1. The minimum atomic E-state index is 0.244. The number of para-hydroxylation sites is 1. The number of aromatic amines is 1. The molecule has 0 aliphatic rings. The van der Waals surface area contributed by atoms with Gasteiger partial charge in [-0.05, 0) is 23.8 Å². The number of halogens is 2. The highest BCUT2D eigenvalue weighted by Crippen LogP contribution is 2.33. The van der Waals surface area contributed by atoms with Crippen molar-refractivity contribution in [2.45, 2.75) is 6.54 Å². The minimum Gasteiger partial charge on any atom is -0.467 e. The maximum Gasteiger partial charge on any atom is 0.320 e. The molecule has 2 aromatic carbocycles. The summed E-state index contributed by atoms with van der Waals surface area (Å²) in [4.78, 5) is 20.8. The van der Waals surface area contributed by atoms with Crippen LogP contribution >= 0.6 is 23.2 Å². The zero-order valence-electron chi connectivity index (χ0n) is 16.4. The molecule has 3 heterocycles. The van der Waals surface area contributed by atoms with Crippen LogP contribution < -0.4 is 10.1 Å². The molecule has 0 saturated carbocycles. The maximum absolute atomic E-state index is 6.50. The van der Waals surface area contributed by atoms with Crippen molar-refractivity contribution in [3.05, 3.63) is 70.5 Å². The normalized spacial score (nSPS) is 11.2. The summed E-state index contributed by atoms with van der Waals surface area (Å²) in [6.45, 7) is 0.429. The summed E-state index contributed by atoms with van der Waals surface area (Å²) in [6, 6.07) is 15.6. The summed E-state index contributed by atoms with van der Waals surface area (Å²) in [6.07, 6.45) is 1.57. The fourth-order valence-corrected chi connectivity index (χ4v) is 3.89. The number of imidazole rings is 1. The van der Waals surface area contributed by atoms with Crippen LogP contribution in [0.15, 0.2) is 54.9 Å². The van der Waals surface area contributed by atoms with Crippen molar-refractivity contribution >= 4 is 51.1 Å². The van der Waals surface area contributed by atoms with Gasteiger partial charge in [0.15, 0.2) is 11.5 Å². The van der Waals surface area contributed by atoms with E-state index in [1.54, 1.807) is 6.33 Å². The fraction of sp³-hybridized carbons (Fsp3) is 0.0909. The van der Waals surface area contributed by atoms with Gasteiger partial charge in [0, 0.05) is 22.5 Å². The van der Waals surface area contributed by atoms with Gasteiger partial charge in [0.1, 0.15) is 5.52 Å². The van der Waals surface area contributed by atoms with E-state index in [2.05, 4.69) is 31.3 Å². The number of aromatic nitrogens is 5. The van der Waals surface area contributed by atoms with Gasteiger partial charge >= 0.3 is 6.01 Å². The summed E-state index contributed by atoms with van der Waals surface area (Å²) in [5, 5.41) is 5.48.